The summed E-state index contributed by atoms with van der Waals surface area (Å²) in [5, 5.41) is 9.32. The molecule has 0 radical (unpaired) electrons. The van der Waals surface area contributed by atoms with Crippen LogP contribution in [0, 0.1) is 0 Å². The molecule has 1 aromatic carbocycles. The van der Waals surface area contributed by atoms with Crippen LogP contribution in [0.5, 0.6) is 11.5 Å². The number of morpholine rings is 1. The molecule has 140 valence electrons. The third kappa shape index (κ3) is 4.63. The van der Waals surface area contributed by atoms with Crippen molar-refractivity contribution in [3.05, 3.63) is 57.6 Å². The van der Waals surface area contributed by atoms with Gasteiger partial charge in [0.15, 0.2) is 5.76 Å². The second-order valence-corrected chi connectivity index (χ2v) is 6.01. The summed E-state index contributed by atoms with van der Waals surface area (Å²) in [7, 11) is 1.61. The Morgan fingerprint density at radius 2 is 1.92 bits per heavy atom. The van der Waals surface area contributed by atoms with Gasteiger partial charge in [-0.1, -0.05) is 12.1 Å². The van der Waals surface area contributed by atoms with Crippen LogP contribution in [0.15, 0.2) is 39.5 Å². The minimum absolute atomic E-state index is 0.185. The van der Waals surface area contributed by atoms with Crippen molar-refractivity contribution in [3.63, 3.8) is 0 Å². The summed E-state index contributed by atoms with van der Waals surface area (Å²) < 4.78 is 22.0. The molecule has 26 heavy (non-hydrogen) atoms. The maximum Gasteiger partial charge on any atom is 0.227 e. The number of ether oxygens (including phenoxy) is 3. The van der Waals surface area contributed by atoms with E-state index in [0.29, 0.717) is 25.5 Å². The van der Waals surface area contributed by atoms with Crippen molar-refractivity contribution >= 4 is 0 Å². The quantitative estimate of drug-likeness (QED) is 0.801. The van der Waals surface area contributed by atoms with E-state index in [9.17, 15) is 9.90 Å². The lowest BCUT2D eigenvalue weighted by atomic mass is 10.2. The topological polar surface area (TPSA) is 81.4 Å². The number of aliphatic hydroxyl groups excluding tert-OH is 1. The first kappa shape index (κ1) is 18.4. The van der Waals surface area contributed by atoms with Gasteiger partial charge in [-0.25, -0.2) is 0 Å². The highest BCUT2D eigenvalue weighted by atomic mass is 16.5. The van der Waals surface area contributed by atoms with Crippen molar-refractivity contribution in [3.8, 4) is 11.5 Å². The number of aliphatic hydroxyl groups is 1. The first-order valence-corrected chi connectivity index (χ1v) is 8.52. The maximum absolute atomic E-state index is 12.4. The van der Waals surface area contributed by atoms with E-state index in [1.54, 1.807) is 7.11 Å². The number of benzene rings is 1. The van der Waals surface area contributed by atoms with Gasteiger partial charge in [0, 0.05) is 19.2 Å². The highest BCUT2D eigenvalue weighted by molar-refractivity contribution is 5.29. The zero-order valence-corrected chi connectivity index (χ0v) is 14.8. The van der Waals surface area contributed by atoms with Gasteiger partial charge in [0.2, 0.25) is 11.2 Å². The average Bonchev–Trinajstić information content (AvgIpc) is 2.68. The summed E-state index contributed by atoms with van der Waals surface area (Å²) >= 11 is 0. The molecule has 1 aromatic heterocycles. The van der Waals surface area contributed by atoms with Crippen molar-refractivity contribution in [1.29, 1.82) is 0 Å². The van der Waals surface area contributed by atoms with Gasteiger partial charge in [-0.15, -0.1) is 0 Å². The van der Waals surface area contributed by atoms with Crippen LogP contribution in [-0.2, 0) is 24.5 Å². The number of methoxy groups -OCH3 is 1. The number of hydrogen-bond donors (Lipinski definition) is 1. The van der Waals surface area contributed by atoms with Crippen LogP contribution in [0.1, 0.15) is 17.1 Å². The molecule has 3 rings (SSSR count). The first-order chi connectivity index (χ1) is 12.7. The molecule has 1 saturated heterocycles. The predicted molar refractivity (Wildman–Crippen MR) is 94.3 cm³/mol. The summed E-state index contributed by atoms with van der Waals surface area (Å²) in [6.45, 7) is 3.14. The summed E-state index contributed by atoms with van der Waals surface area (Å²) in [6, 6.07) is 8.70. The molecule has 7 heteroatoms. The summed E-state index contributed by atoms with van der Waals surface area (Å²) in [5.74, 6) is 1.60. The maximum atomic E-state index is 12.4. The molecule has 0 spiro atoms. The van der Waals surface area contributed by atoms with Gasteiger partial charge >= 0.3 is 0 Å². The lowest BCUT2D eigenvalue weighted by Gasteiger charge is -2.26. The van der Waals surface area contributed by atoms with Crippen LogP contribution in [0.2, 0.25) is 0 Å². The van der Waals surface area contributed by atoms with Gasteiger partial charge in [-0.05, 0) is 17.7 Å². The van der Waals surface area contributed by atoms with E-state index in [-0.39, 0.29) is 30.2 Å². The Kier molecular flexibility index (Phi) is 6.27. The van der Waals surface area contributed by atoms with E-state index in [1.807, 2.05) is 24.3 Å². The predicted octanol–water partition coefficient (Wildman–Crippen LogP) is 1.55. The van der Waals surface area contributed by atoms with E-state index in [0.717, 1.165) is 24.4 Å². The standard InChI is InChI=1S/C19H23NO6/c1-23-15-4-2-14(3-5-15)13-25-19-17(22)10-16(12-21)26-18(19)11-20-6-8-24-9-7-20/h2-5,10,21H,6-9,11-13H2,1H3. The summed E-state index contributed by atoms with van der Waals surface area (Å²) in [5.41, 5.74) is 0.617. The first-order valence-electron chi connectivity index (χ1n) is 8.52. The lowest BCUT2D eigenvalue weighted by molar-refractivity contribution is 0.0298. The molecule has 0 atom stereocenters. The molecular weight excluding hydrogens is 338 g/mol. The largest absolute Gasteiger partial charge is 0.497 e. The number of hydrogen-bond acceptors (Lipinski definition) is 7. The average molecular weight is 361 g/mol. The molecule has 2 heterocycles. The van der Waals surface area contributed by atoms with Crippen LogP contribution >= 0.6 is 0 Å². The molecule has 1 fully saturated rings. The van der Waals surface area contributed by atoms with E-state index in [4.69, 9.17) is 18.6 Å². The zero-order chi connectivity index (χ0) is 18.4. The molecule has 7 nitrogen and oxygen atoms in total. The van der Waals surface area contributed by atoms with Crippen LogP contribution in [0.25, 0.3) is 0 Å². The number of rotatable bonds is 7. The molecule has 0 saturated carbocycles. The van der Waals surface area contributed by atoms with Crippen molar-refractivity contribution in [2.75, 3.05) is 33.4 Å². The molecule has 0 amide bonds. The van der Waals surface area contributed by atoms with Crippen molar-refractivity contribution in [1.82, 2.24) is 4.90 Å². The van der Waals surface area contributed by atoms with Gasteiger partial charge in [0.1, 0.15) is 24.7 Å². The van der Waals surface area contributed by atoms with Gasteiger partial charge in [-0.3, -0.25) is 9.69 Å². The van der Waals surface area contributed by atoms with Crippen molar-refractivity contribution in [2.24, 2.45) is 0 Å². The third-order valence-corrected chi connectivity index (χ3v) is 4.19. The Labute approximate surface area is 151 Å². The highest BCUT2D eigenvalue weighted by Gasteiger charge is 2.19. The molecule has 1 aliphatic heterocycles. The lowest BCUT2D eigenvalue weighted by Crippen LogP contribution is -2.36. The molecular formula is C19H23NO6. The molecule has 0 aliphatic carbocycles. The van der Waals surface area contributed by atoms with E-state index < -0.39 is 0 Å². The fourth-order valence-corrected chi connectivity index (χ4v) is 2.76. The highest BCUT2D eigenvalue weighted by Crippen LogP contribution is 2.20. The molecule has 1 N–H and O–H groups in total. The van der Waals surface area contributed by atoms with E-state index >= 15 is 0 Å². The summed E-state index contributed by atoms with van der Waals surface area (Å²) in [4.78, 5) is 14.6. The second-order valence-electron chi connectivity index (χ2n) is 6.01. The minimum atomic E-state index is -0.329. The minimum Gasteiger partial charge on any atom is -0.497 e. The smallest absolute Gasteiger partial charge is 0.227 e. The van der Waals surface area contributed by atoms with Crippen LogP contribution in [0.3, 0.4) is 0 Å². The van der Waals surface area contributed by atoms with Gasteiger partial charge in [0.25, 0.3) is 0 Å². The fourth-order valence-electron chi connectivity index (χ4n) is 2.76. The Bertz CT molecular complexity index is 765. The molecule has 1 aliphatic rings. The number of nitrogens with zero attached hydrogens (tertiary/aromatic N) is 1. The third-order valence-electron chi connectivity index (χ3n) is 4.19. The normalized spacial score (nSPS) is 15.0. The Hall–Kier alpha value is -2.35. The fraction of sp³-hybridized carbons (Fsp3) is 0.421. The SMILES string of the molecule is COc1ccc(COc2c(CN3CCOCC3)oc(CO)cc2=O)cc1. The Balaban J connectivity index is 1.78. The summed E-state index contributed by atoms with van der Waals surface area (Å²) in [6.07, 6.45) is 0. The van der Waals surface area contributed by atoms with Crippen LogP contribution in [-0.4, -0.2) is 43.4 Å². The van der Waals surface area contributed by atoms with Crippen molar-refractivity contribution in [2.45, 2.75) is 19.8 Å². The van der Waals surface area contributed by atoms with Crippen LogP contribution < -0.4 is 14.9 Å². The van der Waals surface area contributed by atoms with E-state index in [2.05, 4.69) is 4.90 Å². The molecule has 0 bridgehead atoms. The second kappa shape index (κ2) is 8.84. The van der Waals surface area contributed by atoms with E-state index in [1.165, 1.54) is 6.07 Å². The zero-order valence-electron chi connectivity index (χ0n) is 14.8. The Morgan fingerprint density at radius 1 is 1.19 bits per heavy atom. The monoisotopic (exact) mass is 361 g/mol. The van der Waals surface area contributed by atoms with Crippen molar-refractivity contribution < 1.29 is 23.7 Å². The molecule has 2 aromatic rings. The van der Waals surface area contributed by atoms with Crippen LogP contribution in [0.4, 0.5) is 0 Å². The molecule has 0 unspecified atom stereocenters. The van der Waals surface area contributed by atoms with Gasteiger partial charge in [0.05, 0.1) is 26.9 Å². The Morgan fingerprint density at radius 3 is 2.58 bits per heavy atom. The van der Waals surface area contributed by atoms with Gasteiger partial charge in [-0.2, -0.15) is 0 Å². The van der Waals surface area contributed by atoms with Gasteiger partial charge < -0.3 is 23.7 Å².